The van der Waals surface area contributed by atoms with Crippen molar-refractivity contribution in [1.29, 1.82) is 0 Å². The molecule has 0 radical (unpaired) electrons. The Bertz CT molecular complexity index is 340. The molecule has 7 nitrogen and oxygen atoms in total. The fourth-order valence-corrected chi connectivity index (χ4v) is 1.68. The number of carbonyl (C=O) groups excluding carboxylic acids is 3. The highest BCUT2D eigenvalue weighted by molar-refractivity contribution is 5.93. The van der Waals surface area contributed by atoms with E-state index in [0.29, 0.717) is 13.1 Å². The molecule has 1 aliphatic heterocycles. The molecule has 1 saturated heterocycles. The van der Waals surface area contributed by atoms with E-state index in [4.69, 9.17) is 5.73 Å². The van der Waals surface area contributed by atoms with Crippen LogP contribution in [0.5, 0.6) is 0 Å². The van der Waals surface area contributed by atoms with Crippen LogP contribution in [0.1, 0.15) is 13.8 Å². The van der Waals surface area contributed by atoms with E-state index in [1.165, 1.54) is 4.90 Å². The smallest absolute Gasteiger partial charge is 0.245 e. The number of hydrogen-bond donors (Lipinski definition) is 3. The second kappa shape index (κ2) is 5.13. The summed E-state index contributed by atoms with van der Waals surface area (Å²) in [5.41, 5.74) is 4.22. The van der Waals surface area contributed by atoms with Crippen LogP contribution in [0, 0.1) is 0 Å². The third-order valence-electron chi connectivity index (χ3n) is 2.77. The SMILES string of the molecule is CC1(C)C(=O)NCCN1C(=O)CNC(=O)CN. The highest BCUT2D eigenvalue weighted by atomic mass is 16.2. The van der Waals surface area contributed by atoms with Crippen molar-refractivity contribution in [2.45, 2.75) is 19.4 Å². The summed E-state index contributed by atoms with van der Waals surface area (Å²) >= 11 is 0. The molecular formula is C10H18N4O3. The maximum atomic E-state index is 11.9. The summed E-state index contributed by atoms with van der Waals surface area (Å²) in [7, 11) is 0. The van der Waals surface area contributed by atoms with E-state index in [1.54, 1.807) is 13.8 Å². The Kier molecular flexibility index (Phi) is 4.06. The fraction of sp³-hybridized carbons (Fsp3) is 0.700. The summed E-state index contributed by atoms with van der Waals surface area (Å²) in [6, 6.07) is 0. The van der Waals surface area contributed by atoms with E-state index >= 15 is 0 Å². The van der Waals surface area contributed by atoms with Gasteiger partial charge in [0, 0.05) is 13.1 Å². The number of nitrogens with one attached hydrogen (secondary N) is 2. The molecule has 0 aromatic rings. The molecule has 1 aliphatic rings. The molecule has 17 heavy (non-hydrogen) atoms. The number of rotatable bonds is 3. The van der Waals surface area contributed by atoms with Crippen molar-refractivity contribution < 1.29 is 14.4 Å². The van der Waals surface area contributed by atoms with Gasteiger partial charge in [0.15, 0.2) is 0 Å². The molecule has 96 valence electrons. The second-order valence-corrected chi connectivity index (χ2v) is 4.34. The molecule has 4 N–H and O–H groups in total. The van der Waals surface area contributed by atoms with E-state index in [-0.39, 0.29) is 24.9 Å². The van der Waals surface area contributed by atoms with Gasteiger partial charge in [-0.15, -0.1) is 0 Å². The number of amides is 3. The van der Waals surface area contributed by atoms with Crippen molar-refractivity contribution in [3.8, 4) is 0 Å². The zero-order chi connectivity index (χ0) is 13.1. The number of hydrogen-bond acceptors (Lipinski definition) is 4. The predicted molar refractivity (Wildman–Crippen MR) is 60.9 cm³/mol. The Morgan fingerprint density at radius 2 is 2.18 bits per heavy atom. The predicted octanol–water partition coefficient (Wildman–Crippen LogP) is -2.20. The second-order valence-electron chi connectivity index (χ2n) is 4.34. The van der Waals surface area contributed by atoms with Crippen LogP contribution in [0.2, 0.25) is 0 Å². The van der Waals surface area contributed by atoms with Gasteiger partial charge in [0.2, 0.25) is 17.7 Å². The van der Waals surface area contributed by atoms with Gasteiger partial charge < -0.3 is 21.3 Å². The van der Waals surface area contributed by atoms with Crippen molar-refractivity contribution in [3.05, 3.63) is 0 Å². The monoisotopic (exact) mass is 242 g/mol. The van der Waals surface area contributed by atoms with Crippen LogP contribution in [0.3, 0.4) is 0 Å². The lowest BCUT2D eigenvalue weighted by molar-refractivity contribution is -0.148. The molecule has 0 saturated carbocycles. The summed E-state index contributed by atoms with van der Waals surface area (Å²) in [6.45, 7) is 3.92. The molecular weight excluding hydrogens is 224 g/mol. The lowest BCUT2D eigenvalue weighted by atomic mass is 9.99. The normalized spacial score (nSPS) is 18.5. The molecule has 1 fully saturated rings. The van der Waals surface area contributed by atoms with Crippen molar-refractivity contribution in [3.63, 3.8) is 0 Å². The standard InChI is InChI=1S/C10H18N4O3/c1-10(2)9(17)12-3-4-14(10)8(16)6-13-7(15)5-11/h3-6,11H2,1-2H3,(H,12,17)(H,13,15). The Balaban J connectivity index is 2.61. The molecule has 0 aromatic heterocycles. The first-order valence-corrected chi connectivity index (χ1v) is 5.45. The molecule has 0 spiro atoms. The minimum absolute atomic E-state index is 0.132. The first-order valence-electron chi connectivity index (χ1n) is 5.45. The van der Waals surface area contributed by atoms with E-state index in [0.717, 1.165) is 0 Å². The van der Waals surface area contributed by atoms with Crippen LogP contribution in [0.15, 0.2) is 0 Å². The molecule has 1 heterocycles. The van der Waals surface area contributed by atoms with E-state index < -0.39 is 11.4 Å². The van der Waals surface area contributed by atoms with Crippen molar-refractivity contribution in [1.82, 2.24) is 15.5 Å². The van der Waals surface area contributed by atoms with Crippen LogP contribution in [0.4, 0.5) is 0 Å². The van der Waals surface area contributed by atoms with Gasteiger partial charge in [-0.25, -0.2) is 0 Å². The van der Waals surface area contributed by atoms with Gasteiger partial charge in [0.25, 0.3) is 0 Å². The summed E-state index contributed by atoms with van der Waals surface area (Å²) in [6.07, 6.45) is 0. The first kappa shape index (κ1) is 13.4. The topological polar surface area (TPSA) is 105 Å². The number of nitrogens with zero attached hydrogens (tertiary/aromatic N) is 1. The Morgan fingerprint density at radius 3 is 2.76 bits per heavy atom. The summed E-state index contributed by atoms with van der Waals surface area (Å²) in [5.74, 6) is -0.869. The van der Waals surface area contributed by atoms with E-state index in [2.05, 4.69) is 10.6 Å². The van der Waals surface area contributed by atoms with Crippen molar-refractivity contribution in [2.24, 2.45) is 5.73 Å². The third-order valence-corrected chi connectivity index (χ3v) is 2.77. The van der Waals surface area contributed by atoms with Crippen LogP contribution >= 0.6 is 0 Å². The summed E-state index contributed by atoms with van der Waals surface area (Å²) in [4.78, 5) is 35.9. The third kappa shape index (κ3) is 2.94. The molecule has 0 aliphatic carbocycles. The van der Waals surface area contributed by atoms with Gasteiger partial charge in [-0.1, -0.05) is 0 Å². The van der Waals surface area contributed by atoms with Crippen LogP contribution in [-0.4, -0.2) is 54.3 Å². The first-order chi connectivity index (χ1) is 7.89. The molecule has 7 heteroatoms. The minimum atomic E-state index is -0.886. The van der Waals surface area contributed by atoms with Crippen molar-refractivity contribution in [2.75, 3.05) is 26.2 Å². The summed E-state index contributed by atoms with van der Waals surface area (Å²) in [5, 5.41) is 5.09. The van der Waals surface area contributed by atoms with Crippen molar-refractivity contribution >= 4 is 17.7 Å². The van der Waals surface area contributed by atoms with E-state index in [1.807, 2.05) is 0 Å². The van der Waals surface area contributed by atoms with Gasteiger partial charge in [-0.3, -0.25) is 14.4 Å². The van der Waals surface area contributed by atoms with Gasteiger partial charge >= 0.3 is 0 Å². The number of carbonyl (C=O) groups is 3. The number of piperazine rings is 1. The maximum absolute atomic E-state index is 11.9. The van der Waals surface area contributed by atoms with Gasteiger partial charge in [0.05, 0.1) is 13.1 Å². The Labute approximate surface area is 99.7 Å². The molecule has 0 atom stereocenters. The Morgan fingerprint density at radius 1 is 1.53 bits per heavy atom. The Hall–Kier alpha value is -1.63. The molecule has 0 unspecified atom stereocenters. The van der Waals surface area contributed by atoms with E-state index in [9.17, 15) is 14.4 Å². The minimum Gasteiger partial charge on any atom is -0.352 e. The fourth-order valence-electron chi connectivity index (χ4n) is 1.68. The average Bonchev–Trinajstić information content (AvgIpc) is 2.29. The summed E-state index contributed by atoms with van der Waals surface area (Å²) < 4.78 is 0. The molecule has 0 bridgehead atoms. The van der Waals surface area contributed by atoms with Gasteiger partial charge in [0.1, 0.15) is 5.54 Å². The molecule has 1 rings (SSSR count). The highest BCUT2D eigenvalue weighted by Crippen LogP contribution is 2.17. The molecule has 0 aromatic carbocycles. The van der Waals surface area contributed by atoms with Gasteiger partial charge in [-0.05, 0) is 13.8 Å². The highest BCUT2D eigenvalue weighted by Gasteiger charge is 2.40. The molecule has 3 amide bonds. The van der Waals surface area contributed by atoms with Crippen LogP contribution in [0.25, 0.3) is 0 Å². The number of nitrogens with two attached hydrogens (primary N) is 1. The zero-order valence-electron chi connectivity index (χ0n) is 10.1. The van der Waals surface area contributed by atoms with Crippen LogP contribution in [-0.2, 0) is 14.4 Å². The quantitative estimate of drug-likeness (QED) is 0.522. The lowest BCUT2D eigenvalue weighted by Gasteiger charge is -2.41. The zero-order valence-corrected chi connectivity index (χ0v) is 10.1. The largest absolute Gasteiger partial charge is 0.352 e. The lowest BCUT2D eigenvalue weighted by Crippen LogP contribution is -2.64. The average molecular weight is 242 g/mol. The van der Waals surface area contributed by atoms with Gasteiger partial charge in [-0.2, -0.15) is 0 Å². The van der Waals surface area contributed by atoms with Crippen LogP contribution < -0.4 is 16.4 Å². The maximum Gasteiger partial charge on any atom is 0.245 e.